The average Bonchev–Trinajstić information content (AvgIpc) is 2.81. The van der Waals surface area contributed by atoms with E-state index in [4.69, 9.17) is 0 Å². The Balaban J connectivity index is 2.09. The van der Waals surface area contributed by atoms with E-state index < -0.39 is 23.3 Å². The number of aliphatic hydroxyl groups is 2. The Morgan fingerprint density at radius 3 is 1.62 bits per heavy atom. The summed E-state index contributed by atoms with van der Waals surface area (Å²) < 4.78 is 0. The van der Waals surface area contributed by atoms with E-state index in [1.807, 2.05) is 0 Å². The molecule has 0 saturated carbocycles. The van der Waals surface area contributed by atoms with E-state index in [9.17, 15) is 19.8 Å². The molecule has 6 nitrogen and oxygen atoms in total. The van der Waals surface area contributed by atoms with Crippen LogP contribution >= 0.6 is 0 Å². The van der Waals surface area contributed by atoms with Crippen LogP contribution in [0.15, 0.2) is 0 Å². The van der Waals surface area contributed by atoms with Gasteiger partial charge in [-0.1, -0.05) is 0 Å². The smallest absolute Gasteiger partial charge is 0.278 e. The Bertz CT molecular complexity index is 349. The van der Waals surface area contributed by atoms with Crippen molar-refractivity contribution in [2.24, 2.45) is 0 Å². The number of fused-ring (bicyclic) bond motifs is 2. The first-order valence-electron chi connectivity index (χ1n) is 5.59. The highest BCUT2D eigenvalue weighted by Gasteiger charge is 2.64. The van der Waals surface area contributed by atoms with Gasteiger partial charge < -0.3 is 20.0 Å². The fourth-order valence-electron chi connectivity index (χ4n) is 3.02. The summed E-state index contributed by atoms with van der Waals surface area (Å²) in [5.74, 6) is -1.05. The summed E-state index contributed by atoms with van der Waals surface area (Å²) in [5.41, 5.74) is -3.40. The van der Waals surface area contributed by atoms with Crippen molar-refractivity contribution in [3.8, 4) is 0 Å². The minimum Gasteiger partial charge on any atom is -0.363 e. The van der Waals surface area contributed by atoms with E-state index in [1.165, 1.54) is 0 Å². The molecule has 3 fully saturated rings. The third kappa shape index (κ3) is 0.899. The third-order valence-electron chi connectivity index (χ3n) is 3.88. The van der Waals surface area contributed by atoms with E-state index in [0.29, 0.717) is 25.9 Å². The molecule has 0 bridgehead atoms. The van der Waals surface area contributed by atoms with Gasteiger partial charge in [0.2, 0.25) is 11.4 Å². The zero-order valence-electron chi connectivity index (χ0n) is 8.85. The fraction of sp³-hybridized carbons (Fsp3) is 0.800. The van der Waals surface area contributed by atoms with Crippen molar-refractivity contribution < 1.29 is 19.8 Å². The summed E-state index contributed by atoms with van der Waals surface area (Å²) in [7, 11) is 0. The summed E-state index contributed by atoms with van der Waals surface area (Å²) in [6.45, 7) is 0.689. The topological polar surface area (TPSA) is 81.1 Å². The maximum Gasteiger partial charge on any atom is 0.278 e. The first-order valence-corrected chi connectivity index (χ1v) is 5.59. The number of carbonyl (C=O) groups is 2. The van der Waals surface area contributed by atoms with Crippen LogP contribution in [0.5, 0.6) is 0 Å². The van der Waals surface area contributed by atoms with Crippen LogP contribution in [0.25, 0.3) is 0 Å². The monoisotopic (exact) mass is 226 g/mol. The summed E-state index contributed by atoms with van der Waals surface area (Å²) in [4.78, 5) is 26.4. The molecule has 88 valence electrons. The molecule has 16 heavy (non-hydrogen) atoms. The Labute approximate surface area is 92.4 Å². The first-order chi connectivity index (χ1) is 7.50. The molecular formula is C10H14N2O4. The van der Waals surface area contributed by atoms with Crippen molar-refractivity contribution >= 4 is 11.8 Å². The highest BCUT2D eigenvalue weighted by atomic mass is 16.4. The van der Waals surface area contributed by atoms with Gasteiger partial charge in [0.05, 0.1) is 0 Å². The number of rotatable bonds is 0. The number of piperazine rings is 1. The second-order valence-corrected chi connectivity index (χ2v) is 4.75. The van der Waals surface area contributed by atoms with Crippen LogP contribution in [0, 0.1) is 0 Å². The molecule has 0 aromatic heterocycles. The molecule has 0 aromatic rings. The van der Waals surface area contributed by atoms with Gasteiger partial charge in [-0.3, -0.25) is 9.59 Å². The lowest BCUT2D eigenvalue weighted by molar-refractivity contribution is -0.221. The van der Waals surface area contributed by atoms with Gasteiger partial charge in [-0.15, -0.1) is 0 Å². The largest absolute Gasteiger partial charge is 0.363 e. The van der Waals surface area contributed by atoms with Gasteiger partial charge in [-0.25, -0.2) is 0 Å². The number of hydrogen-bond donors (Lipinski definition) is 2. The SMILES string of the molecule is O=C1N2CCC[C@@]2(O)C(=O)N2CCC[C@@]12O. The van der Waals surface area contributed by atoms with Crippen LogP contribution in [-0.4, -0.2) is 56.4 Å². The van der Waals surface area contributed by atoms with Crippen molar-refractivity contribution in [3.05, 3.63) is 0 Å². The molecule has 0 aromatic carbocycles. The molecule has 0 radical (unpaired) electrons. The Kier molecular flexibility index (Phi) is 1.73. The van der Waals surface area contributed by atoms with Crippen molar-refractivity contribution in [2.45, 2.75) is 37.1 Å². The number of amides is 2. The molecule has 3 aliphatic heterocycles. The molecule has 3 aliphatic rings. The van der Waals surface area contributed by atoms with Gasteiger partial charge in [0.15, 0.2) is 0 Å². The minimum absolute atomic E-state index is 0.268. The van der Waals surface area contributed by atoms with Crippen LogP contribution in [0.2, 0.25) is 0 Å². The van der Waals surface area contributed by atoms with Crippen molar-refractivity contribution in [2.75, 3.05) is 13.1 Å². The van der Waals surface area contributed by atoms with E-state index >= 15 is 0 Å². The van der Waals surface area contributed by atoms with Crippen LogP contribution in [0.3, 0.4) is 0 Å². The average molecular weight is 226 g/mol. The van der Waals surface area contributed by atoms with Crippen LogP contribution in [0.4, 0.5) is 0 Å². The molecule has 6 heteroatoms. The van der Waals surface area contributed by atoms with Gasteiger partial charge in [-0.2, -0.15) is 0 Å². The summed E-state index contributed by atoms with van der Waals surface area (Å²) in [6, 6.07) is 0. The number of hydrogen-bond acceptors (Lipinski definition) is 4. The summed E-state index contributed by atoms with van der Waals surface area (Å²) >= 11 is 0. The van der Waals surface area contributed by atoms with Gasteiger partial charge in [-0.05, 0) is 12.8 Å². The van der Waals surface area contributed by atoms with E-state index in [1.54, 1.807) is 0 Å². The van der Waals surface area contributed by atoms with Gasteiger partial charge in [0, 0.05) is 25.9 Å². The van der Waals surface area contributed by atoms with Crippen molar-refractivity contribution in [1.82, 2.24) is 9.80 Å². The predicted octanol–water partition coefficient (Wildman–Crippen LogP) is -1.38. The fourth-order valence-corrected chi connectivity index (χ4v) is 3.02. The van der Waals surface area contributed by atoms with E-state index in [-0.39, 0.29) is 12.8 Å². The molecule has 0 unspecified atom stereocenters. The lowest BCUT2D eigenvalue weighted by Crippen LogP contribution is -2.73. The van der Waals surface area contributed by atoms with E-state index in [0.717, 1.165) is 9.80 Å². The third-order valence-corrected chi connectivity index (χ3v) is 3.88. The second-order valence-electron chi connectivity index (χ2n) is 4.75. The maximum absolute atomic E-state index is 12.1. The Morgan fingerprint density at radius 1 is 0.875 bits per heavy atom. The molecule has 2 amide bonds. The Hall–Kier alpha value is -1.14. The maximum atomic E-state index is 12.1. The molecule has 0 aliphatic carbocycles. The second kappa shape index (κ2) is 2.75. The van der Waals surface area contributed by atoms with Gasteiger partial charge in [0.1, 0.15) is 0 Å². The van der Waals surface area contributed by atoms with Crippen molar-refractivity contribution in [3.63, 3.8) is 0 Å². The molecule has 2 N–H and O–H groups in total. The summed E-state index contributed by atoms with van der Waals surface area (Å²) in [6.07, 6.45) is 1.73. The van der Waals surface area contributed by atoms with Gasteiger partial charge >= 0.3 is 0 Å². The van der Waals surface area contributed by atoms with Crippen molar-refractivity contribution in [1.29, 1.82) is 0 Å². The first kappa shape index (κ1) is 10.0. The summed E-state index contributed by atoms with van der Waals surface area (Å²) in [5, 5.41) is 20.4. The van der Waals surface area contributed by atoms with Gasteiger partial charge in [0.25, 0.3) is 11.8 Å². The van der Waals surface area contributed by atoms with Crippen LogP contribution in [0.1, 0.15) is 25.7 Å². The van der Waals surface area contributed by atoms with Crippen LogP contribution in [-0.2, 0) is 9.59 Å². The molecule has 2 atom stereocenters. The zero-order chi connectivity index (χ0) is 11.6. The normalized spacial score (nSPS) is 42.6. The highest BCUT2D eigenvalue weighted by Crippen LogP contribution is 2.42. The van der Waals surface area contributed by atoms with Crippen LogP contribution < -0.4 is 0 Å². The number of carbonyl (C=O) groups excluding carboxylic acids is 2. The highest BCUT2D eigenvalue weighted by molar-refractivity contribution is 6.01. The number of nitrogens with zero attached hydrogens (tertiary/aromatic N) is 2. The lowest BCUT2D eigenvalue weighted by atomic mass is 10.00. The predicted molar refractivity (Wildman–Crippen MR) is 51.8 cm³/mol. The Morgan fingerprint density at radius 2 is 1.25 bits per heavy atom. The molecule has 3 saturated heterocycles. The molecular weight excluding hydrogens is 212 g/mol. The molecule has 3 rings (SSSR count). The quantitative estimate of drug-likeness (QED) is 0.533. The molecule has 0 spiro atoms. The minimum atomic E-state index is -1.70. The lowest BCUT2D eigenvalue weighted by Gasteiger charge is -2.47. The zero-order valence-corrected chi connectivity index (χ0v) is 8.85. The molecule has 3 heterocycles. The standard InChI is InChI=1S/C10H14N2O4/c13-7-9(15)3-1-5-11(9)8(14)10(16)4-2-6-12(7)10/h15-16H,1-6H2/t9-,10-/m1/s1. The van der Waals surface area contributed by atoms with E-state index in [2.05, 4.69) is 0 Å².